The summed E-state index contributed by atoms with van der Waals surface area (Å²) in [6, 6.07) is 26.1. The van der Waals surface area contributed by atoms with Crippen LogP contribution in [-0.4, -0.2) is 10.4 Å². The SMILES string of the molecule is O=C(Cn1c[n+](Cc2ccccc2)c2ccccc21)c1ccc(Br)cc1. The van der Waals surface area contributed by atoms with Crippen molar-refractivity contribution in [2.24, 2.45) is 0 Å². The zero-order chi connectivity index (χ0) is 17.9. The number of nitrogens with zero attached hydrogens (tertiary/aromatic N) is 2. The Morgan fingerprint density at radius 2 is 1.58 bits per heavy atom. The molecule has 0 atom stereocenters. The van der Waals surface area contributed by atoms with Gasteiger partial charge >= 0.3 is 0 Å². The van der Waals surface area contributed by atoms with Crippen molar-refractivity contribution in [1.82, 2.24) is 4.57 Å². The molecule has 0 amide bonds. The van der Waals surface area contributed by atoms with Crippen LogP contribution in [0.4, 0.5) is 0 Å². The highest BCUT2D eigenvalue weighted by Gasteiger charge is 2.18. The van der Waals surface area contributed by atoms with Crippen LogP contribution < -0.4 is 4.57 Å². The molecule has 0 radical (unpaired) electrons. The molecule has 0 aliphatic carbocycles. The average Bonchev–Trinajstić information content (AvgIpc) is 3.01. The number of benzene rings is 3. The van der Waals surface area contributed by atoms with Crippen molar-refractivity contribution >= 4 is 32.7 Å². The molecule has 0 spiro atoms. The molecule has 0 unspecified atom stereocenters. The molecule has 0 N–H and O–H groups in total. The first-order valence-corrected chi connectivity index (χ1v) is 9.30. The largest absolute Gasteiger partial charge is 0.290 e. The van der Waals surface area contributed by atoms with Gasteiger partial charge in [0.05, 0.1) is 0 Å². The van der Waals surface area contributed by atoms with E-state index in [-0.39, 0.29) is 5.78 Å². The zero-order valence-corrected chi connectivity index (χ0v) is 15.8. The molecule has 4 heteroatoms. The molecular weight excluding hydrogens is 388 g/mol. The number of Topliss-reactive ketones (excluding diaryl/α,β-unsaturated/α-hetero) is 1. The average molecular weight is 406 g/mol. The molecule has 0 saturated carbocycles. The molecule has 0 saturated heterocycles. The van der Waals surface area contributed by atoms with Crippen LogP contribution >= 0.6 is 15.9 Å². The van der Waals surface area contributed by atoms with Gasteiger partial charge in [-0.2, -0.15) is 0 Å². The molecule has 0 aliphatic rings. The van der Waals surface area contributed by atoms with E-state index in [1.807, 2.05) is 65.5 Å². The Labute approximate surface area is 160 Å². The van der Waals surface area contributed by atoms with Crippen molar-refractivity contribution in [3.05, 3.63) is 101 Å². The van der Waals surface area contributed by atoms with Crippen LogP contribution in [0.1, 0.15) is 15.9 Å². The summed E-state index contributed by atoms with van der Waals surface area (Å²) in [4.78, 5) is 12.7. The van der Waals surface area contributed by atoms with Crippen LogP contribution in [-0.2, 0) is 13.1 Å². The van der Waals surface area contributed by atoms with Gasteiger partial charge in [0.2, 0.25) is 12.1 Å². The first-order valence-electron chi connectivity index (χ1n) is 8.51. The Bertz CT molecular complexity index is 1050. The number of para-hydroxylation sites is 2. The van der Waals surface area contributed by atoms with Gasteiger partial charge in [-0.25, -0.2) is 9.13 Å². The van der Waals surface area contributed by atoms with Gasteiger partial charge < -0.3 is 0 Å². The Morgan fingerprint density at radius 1 is 0.885 bits per heavy atom. The summed E-state index contributed by atoms with van der Waals surface area (Å²) in [5.41, 5.74) is 4.15. The molecule has 1 aromatic heterocycles. The maximum atomic E-state index is 12.7. The van der Waals surface area contributed by atoms with Crippen molar-refractivity contribution in [3.63, 3.8) is 0 Å². The Hall–Kier alpha value is -2.72. The molecule has 4 rings (SSSR count). The summed E-state index contributed by atoms with van der Waals surface area (Å²) in [6.07, 6.45) is 2.04. The second kappa shape index (κ2) is 7.26. The van der Waals surface area contributed by atoms with E-state index in [0.717, 1.165) is 27.6 Å². The molecule has 0 fully saturated rings. The van der Waals surface area contributed by atoms with E-state index in [2.05, 4.69) is 44.8 Å². The number of imidazole rings is 1. The fraction of sp³-hybridized carbons (Fsp3) is 0.0909. The lowest BCUT2D eigenvalue weighted by Crippen LogP contribution is -2.33. The number of hydrogen-bond acceptors (Lipinski definition) is 1. The van der Waals surface area contributed by atoms with E-state index in [1.165, 1.54) is 5.56 Å². The molecule has 1 heterocycles. The second-order valence-corrected chi connectivity index (χ2v) is 7.19. The number of rotatable bonds is 5. The number of fused-ring (bicyclic) bond motifs is 1. The number of aromatic nitrogens is 2. The minimum atomic E-state index is 0.102. The third-order valence-electron chi connectivity index (χ3n) is 4.46. The van der Waals surface area contributed by atoms with Crippen LogP contribution in [0.5, 0.6) is 0 Å². The van der Waals surface area contributed by atoms with Gasteiger partial charge in [-0.15, -0.1) is 0 Å². The van der Waals surface area contributed by atoms with Gasteiger partial charge in [-0.1, -0.05) is 70.5 Å². The highest BCUT2D eigenvalue weighted by Crippen LogP contribution is 2.15. The van der Waals surface area contributed by atoms with E-state index < -0.39 is 0 Å². The lowest BCUT2D eigenvalue weighted by atomic mass is 10.1. The summed E-state index contributed by atoms with van der Waals surface area (Å²) >= 11 is 3.41. The third-order valence-corrected chi connectivity index (χ3v) is 4.98. The highest BCUT2D eigenvalue weighted by atomic mass is 79.9. The summed E-state index contributed by atoms with van der Waals surface area (Å²) < 4.78 is 5.20. The lowest BCUT2D eigenvalue weighted by Gasteiger charge is -2.00. The van der Waals surface area contributed by atoms with Gasteiger partial charge in [0, 0.05) is 10.0 Å². The Kier molecular flexibility index (Phi) is 4.67. The van der Waals surface area contributed by atoms with E-state index in [0.29, 0.717) is 6.54 Å². The standard InChI is InChI=1S/C22H18BrN2O/c23-19-12-10-18(11-13-19)22(26)15-25-16-24(14-17-6-2-1-3-7-17)20-8-4-5-9-21(20)25/h1-13,16H,14-15H2/q+1. The molecule has 4 aromatic rings. The summed E-state index contributed by atoms with van der Waals surface area (Å²) in [7, 11) is 0. The number of carbonyl (C=O) groups excluding carboxylic acids is 1. The fourth-order valence-corrected chi connectivity index (χ4v) is 3.42. The predicted octanol–water partition coefficient (Wildman–Crippen LogP) is 4.62. The van der Waals surface area contributed by atoms with E-state index in [1.54, 1.807) is 0 Å². The molecule has 3 nitrogen and oxygen atoms in total. The van der Waals surface area contributed by atoms with Crippen LogP contribution in [0.25, 0.3) is 11.0 Å². The number of carbonyl (C=O) groups is 1. The van der Waals surface area contributed by atoms with Gasteiger partial charge in [0.15, 0.2) is 17.6 Å². The molecule has 0 bridgehead atoms. The van der Waals surface area contributed by atoms with Gasteiger partial charge in [0.1, 0.15) is 6.54 Å². The molecule has 0 aliphatic heterocycles. The fourth-order valence-electron chi connectivity index (χ4n) is 3.16. The van der Waals surface area contributed by atoms with Crippen LogP contribution in [0.2, 0.25) is 0 Å². The van der Waals surface area contributed by atoms with Crippen LogP contribution in [0.3, 0.4) is 0 Å². The van der Waals surface area contributed by atoms with Crippen molar-refractivity contribution in [3.8, 4) is 0 Å². The van der Waals surface area contributed by atoms with Crippen LogP contribution in [0, 0.1) is 0 Å². The maximum absolute atomic E-state index is 12.7. The monoisotopic (exact) mass is 405 g/mol. The molecular formula is C22H18BrN2O+. The zero-order valence-electron chi connectivity index (χ0n) is 14.2. The minimum absolute atomic E-state index is 0.102. The van der Waals surface area contributed by atoms with Crippen molar-refractivity contribution < 1.29 is 9.36 Å². The number of halogens is 1. The third kappa shape index (κ3) is 3.46. The topological polar surface area (TPSA) is 25.9 Å². The summed E-state index contributed by atoms with van der Waals surface area (Å²) in [5.74, 6) is 0.102. The number of ketones is 1. The smallest absolute Gasteiger partial charge is 0.245 e. The van der Waals surface area contributed by atoms with Crippen molar-refractivity contribution in [2.75, 3.05) is 0 Å². The summed E-state index contributed by atoms with van der Waals surface area (Å²) in [6.45, 7) is 1.10. The normalized spacial score (nSPS) is 11.0. The van der Waals surface area contributed by atoms with Gasteiger partial charge in [-0.3, -0.25) is 4.79 Å². The molecule has 3 aromatic carbocycles. The Balaban J connectivity index is 1.67. The first kappa shape index (κ1) is 16.7. The van der Waals surface area contributed by atoms with E-state index >= 15 is 0 Å². The predicted molar refractivity (Wildman–Crippen MR) is 106 cm³/mol. The quantitative estimate of drug-likeness (QED) is 0.351. The molecule has 128 valence electrons. The second-order valence-electron chi connectivity index (χ2n) is 6.28. The van der Waals surface area contributed by atoms with E-state index in [9.17, 15) is 4.79 Å². The Morgan fingerprint density at radius 3 is 2.35 bits per heavy atom. The summed E-state index contributed by atoms with van der Waals surface area (Å²) in [5, 5.41) is 0. The van der Waals surface area contributed by atoms with E-state index in [4.69, 9.17) is 0 Å². The minimum Gasteiger partial charge on any atom is -0.290 e. The van der Waals surface area contributed by atoms with Gasteiger partial charge in [0.25, 0.3) is 0 Å². The van der Waals surface area contributed by atoms with Crippen molar-refractivity contribution in [2.45, 2.75) is 13.1 Å². The lowest BCUT2D eigenvalue weighted by molar-refractivity contribution is -0.663. The van der Waals surface area contributed by atoms with Crippen molar-refractivity contribution in [1.29, 1.82) is 0 Å². The first-order chi connectivity index (χ1) is 12.7. The molecule has 26 heavy (non-hydrogen) atoms. The highest BCUT2D eigenvalue weighted by molar-refractivity contribution is 9.10. The van der Waals surface area contributed by atoms with Crippen LogP contribution in [0.15, 0.2) is 89.7 Å². The van der Waals surface area contributed by atoms with Gasteiger partial charge in [-0.05, 0) is 29.8 Å². The maximum Gasteiger partial charge on any atom is 0.245 e. The number of hydrogen-bond donors (Lipinski definition) is 0.